The topological polar surface area (TPSA) is 105 Å². The fourth-order valence-corrected chi connectivity index (χ4v) is 12.2. The molecule has 0 spiro atoms. The Morgan fingerprint density at radius 3 is 2.33 bits per heavy atom. The number of ether oxygens (including phenoxy) is 1. The van der Waals surface area contributed by atoms with Crippen LogP contribution >= 0.6 is 0 Å². The Balaban J connectivity index is 1.65. The number of imidazole rings is 2. The first-order valence-corrected chi connectivity index (χ1v) is 18.6. The highest BCUT2D eigenvalue weighted by Gasteiger charge is 2.66. The van der Waals surface area contributed by atoms with E-state index in [2.05, 4.69) is 85.4 Å². The molecule has 1 N–H and O–H groups in total. The van der Waals surface area contributed by atoms with E-state index in [1.807, 2.05) is 11.5 Å². The molecule has 0 unspecified atom stereocenters. The molecule has 0 saturated carbocycles. The number of aromatic nitrogens is 5. The molecular formula is C27H45N5O5Si2. The molecule has 0 bridgehead atoms. The number of aromatic amines is 1. The van der Waals surface area contributed by atoms with Crippen LogP contribution in [-0.2, 0) is 18.0 Å². The van der Waals surface area contributed by atoms with E-state index in [9.17, 15) is 4.79 Å². The quantitative estimate of drug-likeness (QED) is 0.416. The molecule has 0 aliphatic carbocycles. The zero-order chi connectivity index (χ0) is 28.9. The van der Waals surface area contributed by atoms with E-state index in [0.29, 0.717) is 23.5 Å². The number of fused-ring (bicyclic) bond motifs is 3. The maximum Gasteiger partial charge on any atom is 0.349 e. The molecule has 10 nitrogen and oxygen atoms in total. The lowest BCUT2D eigenvalue weighted by Gasteiger charge is -2.54. The molecule has 5 rings (SSSR count). The van der Waals surface area contributed by atoms with Gasteiger partial charge in [-0.05, 0) is 25.1 Å². The van der Waals surface area contributed by atoms with E-state index in [1.54, 1.807) is 12.5 Å². The van der Waals surface area contributed by atoms with E-state index in [-0.39, 0.29) is 32.9 Å². The third kappa shape index (κ3) is 4.38. The maximum absolute atomic E-state index is 13.3. The Kier molecular flexibility index (Phi) is 6.49. The standard InChI is InChI=1S/C27H45N5O5Si2/c1-16-13-31-22(33)18-21(30-24(31)29-16)32(15-28-18)23-20(36-38(11,12)25(2,3)4)19-17(35-23)14-34-39(37-19,26(5,6)7)27(8,9)10/h13,15,17,19-20,23H,14H2,1-12H3,(H,29,30)/t17-,19-,20-,23-/m1/s1. The number of hydrogen-bond acceptors (Lipinski definition) is 7. The van der Waals surface area contributed by atoms with Gasteiger partial charge in [-0.2, -0.15) is 4.98 Å². The number of rotatable bonds is 3. The summed E-state index contributed by atoms with van der Waals surface area (Å²) in [4.78, 5) is 25.7. The molecule has 216 valence electrons. The summed E-state index contributed by atoms with van der Waals surface area (Å²) >= 11 is 0. The number of nitrogens with one attached hydrogen (secondary N) is 1. The third-order valence-corrected chi connectivity index (χ3v) is 18.4. The SMILES string of the molecule is Cc1cn2c(=O)c3ncn([C@@H]4O[C@@H]5CO[Si](C(C)(C)C)(C(C)(C)C)O[C@H]5[C@H]4O[Si](C)(C)C(C)(C)C)c3nc2[nH]1. The fourth-order valence-electron chi connectivity index (χ4n) is 5.96. The van der Waals surface area contributed by atoms with Gasteiger partial charge in [0.2, 0.25) is 5.78 Å². The van der Waals surface area contributed by atoms with E-state index in [0.717, 1.165) is 5.69 Å². The normalized spacial score (nSPS) is 26.5. The molecule has 39 heavy (non-hydrogen) atoms. The van der Waals surface area contributed by atoms with Gasteiger partial charge in [0, 0.05) is 22.0 Å². The highest BCUT2D eigenvalue weighted by Crippen LogP contribution is 2.56. The predicted octanol–water partition coefficient (Wildman–Crippen LogP) is 5.43. The maximum atomic E-state index is 13.3. The summed E-state index contributed by atoms with van der Waals surface area (Å²) in [5.41, 5.74) is 1.38. The molecule has 5 heterocycles. The molecule has 12 heteroatoms. The monoisotopic (exact) mass is 575 g/mol. The van der Waals surface area contributed by atoms with E-state index in [4.69, 9.17) is 23.0 Å². The number of hydrogen-bond donors (Lipinski definition) is 1. The molecule has 2 aliphatic heterocycles. The lowest BCUT2D eigenvalue weighted by Crippen LogP contribution is -2.66. The van der Waals surface area contributed by atoms with Crippen molar-refractivity contribution >= 4 is 33.8 Å². The Morgan fingerprint density at radius 1 is 1.10 bits per heavy atom. The molecule has 3 aromatic heterocycles. The Labute approximate surface area is 232 Å². The zero-order valence-corrected chi connectivity index (χ0v) is 27.5. The van der Waals surface area contributed by atoms with Crippen LogP contribution in [0.15, 0.2) is 17.3 Å². The lowest BCUT2D eigenvalue weighted by atomic mass is 10.1. The zero-order valence-electron chi connectivity index (χ0n) is 25.5. The average molecular weight is 576 g/mol. The average Bonchev–Trinajstić information content (AvgIpc) is 3.46. The van der Waals surface area contributed by atoms with Crippen molar-refractivity contribution in [3.63, 3.8) is 0 Å². The summed E-state index contributed by atoms with van der Waals surface area (Å²) in [7, 11) is -5.06. The first-order chi connectivity index (χ1) is 17.8. The van der Waals surface area contributed by atoms with E-state index < -0.39 is 29.2 Å². The minimum atomic E-state index is -2.79. The van der Waals surface area contributed by atoms with Gasteiger partial charge in [0.05, 0.1) is 12.9 Å². The molecule has 0 radical (unpaired) electrons. The molecule has 3 aromatic rings. The van der Waals surface area contributed by atoms with Gasteiger partial charge in [-0.15, -0.1) is 0 Å². The van der Waals surface area contributed by atoms with Crippen molar-refractivity contribution in [3.8, 4) is 0 Å². The highest BCUT2D eigenvalue weighted by atomic mass is 28.4. The first kappa shape index (κ1) is 28.7. The second-order valence-corrected chi connectivity index (χ2v) is 24.3. The van der Waals surface area contributed by atoms with Crippen molar-refractivity contribution in [1.29, 1.82) is 0 Å². The van der Waals surface area contributed by atoms with Gasteiger partial charge in [0.1, 0.15) is 18.3 Å². The molecule has 0 aromatic carbocycles. The summed E-state index contributed by atoms with van der Waals surface area (Å²) in [6, 6.07) is 0. The van der Waals surface area contributed by atoms with Gasteiger partial charge in [0.15, 0.2) is 25.7 Å². The summed E-state index contributed by atoms with van der Waals surface area (Å²) < 4.78 is 31.1. The van der Waals surface area contributed by atoms with Crippen LogP contribution in [0.2, 0.25) is 28.2 Å². The van der Waals surface area contributed by atoms with Crippen molar-refractivity contribution in [2.45, 2.75) is 122 Å². The largest absolute Gasteiger partial charge is 0.407 e. The van der Waals surface area contributed by atoms with Crippen LogP contribution < -0.4 is 5.56 Å². The number of aryl methyl sites for hydroxylation is 1. The minimum Gasteiger partial charge on any atom is -0.407 e. The van der Waals surface area contributed by atoms with Crippen LogP contribution in [0.3, 0.4) is 0 Å². The van der Waals surface area contributed by atoms with Crippen molar-refractivity contribution in [3.05, 3.63) is 28.6 Å². The second kappa shape index (κ2) is 8.83. The molecule has 0 amide bonds. The summed E-state index contributed by atoms with van der Waals surface area (Å²) in [6.07, 6.45) is 1.76. The van der Waals surface area contributed by atoms with Crippen molar-refractivity contribution in [2.24, 2.45) is 0 Å². The number of H-pyrrole nitrogens is 1. The molecule has 4 atom stereocenters. The van der Waals surface area contributed by atoms with Crippen LogP contribution in [0.1, 0.15) is 74.2 Å². The van der Waals surface area contributed by atoms with Gasteiger partial charge >= 0.3 is 8.56 Å². The molecule has 2 fully saturated rings. The molecule has 2 aliphatic rings. The van der Waals surface area contributed by atoms with Crippen molar-refractivity contribution < 1.29 is 18.0 Å². The first-order valence-electron chi connectivity index (χ1n) is 13.9. The summed E-state index contributed by atoms with van der Waals surface area (Å²) in [5.74, 6) is 0.468. The number of nitrogens with zero attached hydrogens (tertiary/aromatic N) is 4. The Hall–Kier alpha value is -1.84. The summed E-state index contributed by atoms with van der Waals surface area (Å²) in [6.45, 7) is 26.8. The highest BCUT2D eigenvalue weighted by molar-refractivity contribution is 6.74. The third-order valence-electron chi connectivity index (χ3n) is 8.78. The Bertz CT molecular complexity index is 1440. The van der Waals surface area contributed by atoms with Crippen molar-refractivity contribution in [2.75, 3.05) is 6.61 Å². The smallest absolute Gasteiger partial charge is 0.349 e. The second-order valence-electron chi connectivity index (χ2n) is 14.8. The Morgan fingerprint density at radius 2 is 1.74 bits per heavy atom. The van der Waals surface area contributed by atoms with Gasteiger partial charge in [0.25, 0.3) is 5.56 Å². The predicted molar refractivity (Wildman–Crippen MR) is 156 cm³/mol. The molecular weight excluding hydrogens is 530 g/mol. The minimum absolute atomic E-state index is 0.0224. The summed E-state index contributed by atoms with van der Waals surface area (Å²) in [5, 5.41) is -0.374. The van der Waals surface area contributed by atoms with Gasteiger partial charge in [-0.25, -0.2) is 9.38 Å². The van der Waals surface area contributed by atoms with Crippen LogP contribution in [-0.4, -0.2) is 65.7 Å². The lowest BCUT2D eigenvalue weighted by molar-refractivity contribution is -0.0795. The van der Waals surface area contributed by atoms with Gasteiger partial charge < -0.3 is 23.0 Å². The van der Waals surface area contributed by atoms with Crippen LogP contribution in [0.4, 0.5) is 0 Å². The fraction of sp³-hybridized carbons (Fsp3) is 0.741. The van der Waals surface area contributed by atoms with E-state index >= 15 is 0 Å². The van der Waals surface area contributed by atoms with Crippen LogP contribution in [0.25, 0.3) is 16.9 Å². The van der Waals surface area contributed by atoms with Crippen molar-refractivity contribution in [1.82, 2.24) is 23.9 Å². The van der Waals surface area contributed by atoms with E-state index in [1.165, 1.54) is 4.40 Å². The van der Waals surface area contributed by atoms with Crippen LogP contribution in [0, 0.1) is 6.92 Å². The van der Waals surface area contributed by atoms with Crippen LogP contribution in [0.5, 0.6) is 0 Å². The molecule has 2 saturated heterocycles. The van der Waals surface area contributed by atoms with Gasteiger partial charge in [-0.3, -0.25) is 9.36 Å². The van der Waals surface area contributed by atoms with Gasteiger partial charge in [-0.1, -0.05) is 62.3 Å².